The Labute approximate surface area is 112 Å². The highest BCUT2D eigenvalue weighted by molar-refractivity contribution is 5.81. The van der Waals surface area contributed by atoms with E-state index in [2.05, 4.69) is 10.1 Å². The molecule has 19 heavy (non-hydrogen) atoms. The number of piperazine rings is 1. The zero-order chi connectivity index (χ0) is 13.7. The highest BCUT2D eigenvalue weighted by atomic mass is 16.5. The van der Waals surface area contributed by atoms with E-state index in [4.69, 9.17) is 4.74 Å². The van der Waals surface area contributed by atoms with Crippen LogP contribution < -0.4 is 5.32 Å². The first kappa shape index (κ1) is 14.2. The quantitative estimate of drug-likeness (QED) is 0.617. The first-order valence-electron chi connectivity index (χ1n) is 6.61. The van der Waals surface area contributed by atoms with Crippen LogP contribution in [0.5, 0.6) is 0 Å². The van der Waals surface area contributed by atoms with Crippen LogP contribution in [-0.2, 0) is 19.1 Å². The molecule has 2 saturated heterocycles. The molecule has 1 unspecified atom stereocenters. The van der Waals surface area contributed by atoms with Crippen LogP contribution in [0.2, 0.25) is 0 Å². The Kier molecular flexibility index (Phi) is 5.12. The summed E-state index contributed by atoms with van der Waals surface area (Å²) in [6.45, 7) is 4.92. The molecule has 7 nitrogen and oxygen atoms in total. The fourth-order valence-electron chi connectivity index (χ4n) is 2.30. The zero-order valence-corrected chi connectivity index (χ0v) is 11.3. The van der Waals surface area contributed by atoms with Crippen LogP contribution in [0.25, 0.3) is 0 Å². The van der Waals surface area contributed by atoms with Gasteiger partial charge >= 0.3 is 5.97 Å². The van der Waals surface area contributed by atoms with Gasteiger partial charge in [-0.05, 0) is 0 Å². The van der Waals surface area contributed by atoms with E-state index >= 15 is 0 Å². The Bertz CT molecular complexity index is 323. The number of rotatable bonds is 3. The number of hydrogen-bond acceptors (Lipinski definition) is 6. The molecule has 0 aliphatic carbocycles. The van der Waals surface area contributed by atoms with Crippen molar-refractivity contribution in [2.45, 2.75) is 6.10 Å². The number of carbonyl (C=O) groups is 2. The third kappa shape index (κ3) is 3.89. The van der Waals surface area contributed by atoms with Crippen molar-refractivity contribution in [3.05, 3.63) is 0 Å². The topological polar surface area (TPSA) is 71.1 Å². The Morgan fingerprint density at radius 2 is 2.05 bits per heavy atom. The lowest BCUT2D eigenvalue weighted by atomic mass is 10.2. The smallest absolute Gasteiger partial charge is 0.319 e. The largest absolute Gasteiger partial charge is 0.468 e. The lowest BCUT2D eigenvalue weighted by Crippen LogP contribution is -2.55. The van der Waals surface area contributed by atoms with Crippen molar-refractivity contribution in [3.63, 3.8) is 0 Å². The third-order valence-corrected chi connectivity index (χ3v) is 3.47. The number of nitrogens with one attached hydrogen (secondary N) is 1. The lowest BCUT2D eigenvalue weighted by Gasteiger charge is -2.36. The molecule has 0 aromatic rings. The van der Waals surface area contributed by atoms with Crippen molar-refractivity contribution >= 4 is 11.9 Å². The minimum atomic E-state index is -0.360. The van der Waals surface area contributed by atoms with Crippen LogP contribution in [0, 0.1) is 0 Å². The molecule has 1 amide bonds. The molecule has 7 heteroatoms. The van der Waals surface area contributed by atoms with Gasteiger partial charge in [0.15, 0.2) is 0 Å². The van der Waals surface area contributed by atoms with Gasteiger partial charge in [0.25, 0.3) is 5.91 Å². The number of hydrogen-bond donors (Lipinski definition) is 1. The predicted molar refractivity (Wildman–Crippen MR) is 67.6 cm³/mol. The summed E-state index contributed by atoms with van der Waals surface area (Å²) in [5.74, 6) is -0.190. The molecule has 0 bridgehead atoms. The molecule has 2 rings (SSSR count). The molecule has 2 aliphatic rings. The van der Waals surface area contributed by atoms with E-state index in [-0.39, 0.29) is 18.0 Å². The number of nitrogens with zero attached hydrogens (tertiary/aromatic N) is 2. The summed E-state index contributed by atoms with van der Waals surface area (Å²) in [5.41, 5.74) is 0. The van der Waals surface area contributed by atoms with Gasteiger partial charge in [0.1, 0.15) is 6.10 Å². The van der Waals surface area contributed by atoms with Crippen LogP contribution in [0.4, 0.5) is 0 Å². The summed E-state index contributed by atoms with van der Waals surface area (Å²) < 4.78 is 10.1. The van der Waals surface area contributed by atoms with Gasteiger partial charge in [0.2, 0.25) is 0 Å². The van der Waals surface area contributed by atoms with Crippen molar-refractivity contribution in [1.82, 2.24) is 15.1 Å². The fourth-order valence-corrected chi connectivity index (χ4v) is 2.30. The average Bonchev–Trinajstić information content (AvgIpc) is 2.48. The van der Waals surface area contributed by atoms with E-state index in [0.717, 1.165) is 6.54 Å². The molecule has 0 radical (unpaired) electrons. The molecule has 108 valence electrons. The van der Waals surface area contributed by atoms with Crippen molar-refractivity contribution in [2.75, 3.05) is 59.5 Å². The van der Waals surface area contributed by atoms with E-state index in [1.54, 1.807) is 0 Å². The third-order valence-electron chi connectivity index (χ3n) is 3.47. The van der Waals surface area contributed by atoms with E-state index in [1.807, 2.05) is 9.80 Å². The van der Waals surface area contributed by atoms with E-state index < -0.39 is 0 Å². The Morgan fingerprint density at radius 3 is 2.63 bits per heavy atom. The van der Waals surface area contributed by atoms with Crippen LogP contribution in [0.15, 0.2) is 0 Å². The second-order valence-electron chi connectivity index (χ2n) is 4.74. The fraction of sp³-hybridized carbons (Fsp3) is 0.833. The monoisotopic (exact) mass is 271 g/mol. The molecule has 2 heterocycles. The van der Waals surface area contributed by atoms with Gasteiger partial charge in [-0.15, -0.1) is 0 Å². The summed E-state index contributed by atoms with van der Waals surface area (Å²) in [6, 6.07) is 0. The first-order chi connectivity index (χ1) is 9.20. The second-order valence-corrected chi connectivity index (χ2v) is 4.74. The SMILES string of the molecule is COC(=O)CN1CCN(C(=O)C2CNCCO2)CC1. The number of methoxy groups -OCH3 is 1. The zero-order valence-electron chi connectivity index (χ0n) is 11.3. The normalized spacial score (nSPS) is 25.1. The predicted octanol–water partition coefficient (Wildman–Crippen LogP) is -1.71. The molecular formula is C12H21N3O4. The van der Waals surface area contributed by atoms with Gasteiger partial charge in [-0.2, -0.15) is 0 Å². The molecule has 0 aromatic heterocycles. The maximum absolute atomic E-state index is 12.2. The molecule has 0 spiro atoms. The second kappa shape index (κ2) is 6.83. The summed E-state index contributed by atoms with van der Waals surface area (Å²) in [5, 5.41) is 3.15. The van der Waals surface area contributed by atoms with Gasteiger partial charge in [-0.1, -0.05) is 0 Å². The number of ether oxygens (including phenoxy) is 2. The molecular weight excluding hydrogens is 250 g/mol. The summed E-state index contributed by atoms with van der Waals surface area (Å²) >= 11 is 0. The number of carbonyl (C=O) groups excluding carboxylic acids is 2. The van der Waals surface area contributed by atoms with E-state index in [0.29, 0.717) is 45.9 Å². The number of morpholine rings is 1. The van der Waals surface area contributed by atoms with Crippen LogP contribution in [-0.4, -0.2) is 87.3 Å². The van der Waals surface area contributed by atoms with Crippen LogP contribution in [0.1, 0.15) is 0 Å². The Balaban J connectivity index is 1.76. The minimum absolute atomic E-state index is 0.0462. The maximum Gasteiger partial charge on any atom is 0.319 e. The van der Waals surface area contributed by atoms with Gasteiger partial charge in [0, 0.05) is 39.3 Å². The number of esters is 1. The van der Waals surface area contributed by atoms with Crippen molar-refractivity contribution < 1.29 is 19.1 Å². The van der Waals surface area contributed by atoms with Crippen molar-refractivity contribution in [3.8, 4) is 0 Å². The standard InChI is InChI=1S/C12H21N3O4/c1-18-11(16)9-14-3-5-15(6-4-14)12(17)10-8-13-2-7-19-10/h10,13H,2-9H2,1H3. The molecule has 0 saturated carbocycles. The summed E-state index contributed by atoms with van der Waals surface area (Å²) in [4.78, 5) is 27.2. The van der Waals surface area contributed by atoms with Gasteiger partial charge in [0.05, 0.1) is 20.3 Å². The molecule has 2 fully saturated rings. The highest BCUT2D eigenvalue weighted by Crippen LogP contribution is 2.07. The van der Waals surface area contributed by atoms with Gasteiger partial charge in [-0.25, -0.2) is 0 Å². The molecule has 0 aromatic carbocycles. The van der Waals surface area contributed by atoms with E-state index in [9.17, 15) is 9.59 Å². The lowest BCUT2D eigenvalue weighted by molar-refractivity contribution is -0.148. The van der Waals surface area contributed by atoms with Crippen LogP contribution in [0.3, 0.4) is 0 Å². The number of amides is 1. The Hall–Kier alpha value is -1.18. The summed E-state index contributed by atoms with van der Waals surface area (Å²) in [6.07, 6.45) is -0.360. The molecule has 1 N–H and O–H groups in total. The molecule has 1 atom stereocenters. The average molecular weight is 271 g/mol. The van der Waals surface area contributed by atoms with E-state index in [1.165, 1.54) is 7.11 Å². The highest BCUT2D eigenvalue weighted by Gasteiger charge is 2.29. The minimum Gasteiger partial charge on any atom is -0.468 e. The molecule has 2 aliphatic heterocycles. The van der Waals surface area contributed by atoms with Crippen molar-refractivity contribution in [2.24, 2.45) is 0 Å². The van der Waals surface area contributed by atoms with Gasteiger partial charge < -0.3 is 19.7 Å². The van der Waals surface area contributed by atoms with Gasteiger partial charge in [-0.3, -0.25) is 14.5 Å². The van der Waals surface area contributed by atoms with Crippen molar-refractivity contribution in [1.29, 1.82) is 0 Å². The Morgan fingerprint density at radius 1 is 1.32 bits per heavy atom. The van der Waals surface area contributed by atoms with Crippen LogP contribution >= 0.6 is 0 Å². The summed E-state index contributed by atoms with van der Waals surface area (Å²) in [7, 11) is 1.38. The first-order valence-corrected chi connectivity index (χ1v) is 6.61. The maximum atomic E-state index is 12.2.